The molecular weight excluding hydrogens is 266 g/mol. The zero-order valence-electron chi connectivity index (χ0n) is 13.9. The predicted molar refractivity (Wildman–Crippen MR) is 81.7 cm³/mol. The van der Waals surface area contributed by atoms with E-state index in [1.807, 2.05) is 13.8 Å². The van der Waals surface area contributed by atoms with E-state index in [0.717, 1.165) is 19.3 Å². The molecule has 4 atom stereocenters. The van der Waals surface area contributed by atoms with E-state index in [1.54, 1.807) is 0 Å². The number of nitrogens with one attached hydrogen (secondary N) is 1. The summed E-state index contributed by atoms with van der Waals surface area (Å²) in [4.78, 5) is 23.7. The highest BCUT2D eigenvalue weighted by molar-refractivity contribution is 5.91. The Bertz CT molecular complexity index is 436. The number of hydrogen-bond donors (Lipinski definition) is 2. The van der Waals surface area contributed by atoms with Gasteiger partial charge < -0.3 is 10.4 Å². The standard InChI is InChI=1S/C17H29NO3/c1-16(2,3)10-8-6-7-9-11(10)18-14(19)12-13(15(20)21)17(12,4)5/h10-13H,6-9H2,1-5H3,(H,18,19)(H,20,21)/t10?,11?,12-,13+/m1/s1. The lowest BCUT2D eigenvalue weighted by Crippen LogP contribution is -2.47. The van der Waals surface area contributed by atoms with Crippen LogP contribution in [0.4, 0.5) is 0 Å². The fraction of sp³-hybridized carbons (Fsp3) is 0.882. The lowest BCUT2D eigenvalue weighted by atomic mass is 9.69. The van der Waals surface area contributed by atoms with Gasteiger partial charge >= 0.3 is 5.97 Å². The predicted octanol–water partition coefficient (Wildman–Crippen LogP) is 3.06. The molecule has 2 aliphatic carbocycles. The molecule has 2 N–H and O–H groups in total. The Labute approximate surface area is 127 Å². The van der Waals surface area contributed by atoms with Crippen LogP contribution in [0.2, 0.25) is 0 Å². The van der Waals surface area contributed by atoms with Crippen molar-refractivity contribution in [3.8, 4) is 0 Å². The van der Waals surface area contributed by atoms with Crippen LogP contribution in [-0.2, 0) is 9.59 Å². The Morgan fingerprint density at radius 3 is 2.14 bits per heavy atom. The van der Waals surface area contributed by atoms with Crippen LogP contribution in [-0.4, -0.2) is 23.0 Å². The smallest absolute Gasteiger partial charge is 0.307 e. The molecule has 0 spiro atoms. The van der Waals surface area contributed by atoms with Gasteiger partial charge in [0, 0.05) is 6.04 Å². The molecule has 0 aliphatic heterocycles. The summed E-state index contributed by atoms with van der Waals surface area (Å²) < 4.78 is 0. The van der Waals surface area contributed by atoms with Crippen molar-refractivity contribution in [2.75, 3.05) is 0 Å². The number of rotatable bonds is 3. The molecule has 2 unspecified atom stereocenters. The van der Waals surface area contributed by atoms with Crippen LogP contribution in [0.1, 0.15) is 60.3 Å². The summed E-state index contributed by atoms with van der Waals surface area (Å²) in [6.07, 6.45) is 4.53. The minimum absolute atomic E-state index is 0.0615. The highest BCUT2D eigenvalue weighted by Crippen LogP contribution is 2.58. The van der Waals surface area contributed by atoms with Crippen molar-refractivity contribution >= 4 is 11.9 Å². The van der Waals surface area contributed by atoms with E-state index in [1.165, 1.54) is 6.42 Å². The van der Waals surface area contributed by atoms with E-state index in [-0.39, 0.29) is 23.3 Å². The van der Waals surface area contributed by atoms with Crippen molar-refractivity contribution in [1.82, 2.24) is 5.32 Å². The Hall–Kier alpha value is -1.06. The molecule has 0 saturated heterocycles. The van der Waals surface area contributed by atoms with Gasteiger partial charge in [0.1, 0.15) is 0 Å². The molecule has 0 aromatic rings. The third kappa shape index (κ3) is 3.09. The zero-order chi connectivity index (χ0) is 16.0. The number of hydrogen-bond acceptors (Lipinski definition) is 2. The molecule has 0 heterocycles. The van der Waals surface area contributed by atoms with Gasteiger partial charge in [-0.05, 0) is 29.6 Å². The largest absolute Gasteiger partial charge is 0.481 e. The van der Waals surface area contributed by atoms with Gasteiger partial charge in [-0.2, -0.15) is 0 Å². The number of amides is 1. The third-order valence-corrected chi connectivity index (χ3v) is 5.58. The van der Waals surface area contributed by atoms with Crippen LogP contribution in [0.25, 0.3) is 0 Å². The summed E-state index contributed by atoms with van der Waals surface area (Å²) in [6.45, 7) is 10.4. The van der Waals surface area contributed by atoms with E-state index < -0.39 is 17.3 Å². The SMILES string of the molecule is CC(C)(C)C1CCCCC1NC(=O)[C@H]1[C@@H](C(=O)O)C1(C)C. The fourth-order valence-corrected chi connectivity index (χ4v) is 4.20. The summed E-state index contributed by atoms with van der Waals surface area (Å²) >= 11 is 0. The molecular formula is C17H29NO3. The van der Waals surface area contributed by atoms with Crippen molar-refractivity contribution in [1.29, 1.82) is 0 Å². The Balaban J connectivity index is 2.04. The Morgan fingerprint density at radius 2 is 1.67 bits per heavy atom. The van der Waals surface area contributed by atoms with Crippen molar-refractivity contribution in [3.05, 3.63) is 0 Å². The minimum atomic E-state index is -0.851. The van der Waals surface area contributed by atoms with Crippen LogP contribution in [0, 0.1) is 28.6 Å². The maximum atomic E-state index is 12.5. The first kappa shape index (κ1) is 16.3. The number of carbonyl (C=O) groups is 2. The number of carbonyl (C=O) groups excluding carboxylic acids is 1. The molecule has 1 amide bonds. The second-order valence-corrected chi connectivity index (χ2v) is 8.49. The van der Waals surface area contributed by atoms with Gasteiger partial charge in [0.2, 0.25) is 5.91 Å². The normalized spacial score (nSPS) is 35.1. The monoisotopic (exact) mass is 295 g/mol. The van der Waals surface area contributed by atoms with Crippen molar-refractivity contribution < 1.29 is 14.7 Å². The maximum absolute atomic E-state index is 12.5. The molecule has 0 aromatic carbocycles. The maximum Gasteiger partial charge on any atom is 0.307 e. The molecule has 21 heavy (non-hydrogen) atoms. The second kappa shape index (κ2) is 5.29. The first-order valence-corrected chi connectivity index (χ1v) is 8.10. The summed E-state index contributed by atoms with van der Waals surface area (Å²) in [7, 11) is 0. The fourth-order valence-electron chi connectivity index (χ4n) is 4.20. The van der Waals surface area contributed by atoms with E-state index in [9.17, 15) is 14.7 Å². The first-order chi connectivity index (χ1) is 9.56. The van der Waals surface area contributed by atoms with Crippen molar-refractivity contribution in [3.63, 3.8) is 0 Å². The van der Waals surface area contributed by atoms with Gasteiger partial charge in [0.25, 0.3) is 0 Å². The van der Waals surface area contributed by atoms with Gasteiger partial charge in [0.05, 0.1) is 11.8 Å². The average Bonchev–Trinajstić information content (AvgIpc) is 2.92. The number of aliphatic carboxylic acids is 1. The number of carboxylic acid groups (broad SMARTS) is 1. The topological polar surface area (TPSA) is 66.4 Å². The molecule has 2 aliphatic rings. The Morgan fingerprint density at radius 1 is 1.10 bits per heavy atom. The molecule has 120 valence electrons. The minimum Gasteiger partial charge on any atom is -0.481 e. The van der Waals surface area contributed by atoms with Crippen molar-refractivity contribution in [2.24, 2.45) is 28.6 Å². The quantitative estimate of drug-likeness (QED) is 0.841. The van der Waals surface area contributed by atoms with E-state index in [2.05, 4.69) is 26.1 Å². The average molecular weight is 295 g/mol. The Kier molecular flexibility index (Phi) is 4.11. The highest BCUT2D eigenvalue weighted by Gasteiger charge is 2.66. The molecule has 0 bridgehead atoms. The third-order valence-electron chi connectivity index (χ3n) is 5.58. The van der Waals surface area contributed by atoms with Gasteiger partial charge in [-0.1, -0.05) is 47.5 Å². The molecule has 0 aromatic heterocycles. The second-order valence-electron chi connectivity index (χ2n) is 8.49. The van der Waals surface area contributed by atoms with Gasteiger partial charge in [0.15, 0.2) is 0 Å². The van der Waals surface area contributed by atoms with Gasteiger partial charge in [-0.3, -0.25) is 9.59 Å². The summed E-state index contributed by atoms with van der Waals surface area (Å²) in [5.74, 6) is -1.35. The van der Waals surface area contributed by atoms with E-state index in [0.29, 0.717) is 5.92 Å². The molecule has 4 nitrogen and oxygen atoms in total. The molecule has 2 rings (SSSR count). The first-order valence-electron chi connectivity index (χ1n) is 8.10. The summed E-state index contributed by atoms with van der Waals surface area (Å²) in [6, 6.07) is 0.192. The van der Waals surface area contributed by atoms with Gasteiger partial charge in [-0.25, -0.2) is 0 Å². The van der Waals surface area contributed by atoms with Gasteiger partial charge in [-0.15, -0.1) is 0 Å². The zero-order valence-corrected chi connectivity index (χ0v) is 13.9. The lowest BCUT2D eigenvalue weighted by molar-refractivity contribution is -0.140. The number of carboxylic acids is 1. The van der Waals surface area contributed by atoms with E-state index >= 15 is 0 Å². The van der Waals surface area contributed by atoms with Crippen LogP contribution in [0.5, 0.6) is 0 Å². The summed E-state index contributed by atoms with van der Waals surface area (Å²) in [5.41, 5.74) is -0.245. The molecule has 0 radical (unpaired) electrons. The van der Waals surface area contributed by atoms with Crippen LogP contribution >= 0.6 is 0 Å². The van der Waals surface area contributed by atoms with E-state index in [4.69, 9.17) is 0 Å². The molecule has 2 fully saturated rings. The van der Waals surface area contributed by atoms with Crippen LogP contribution < -0.4 is 5.32 Å². The van der Waals surface area contributed by atoms with Crippen LogP contribution in [0.15, 0.2) is 0 Å². The molecule has 4 heteroatoms. The molecule has 2 saturated carbocycles. The lowest BCUT2D eigenvalue weighted by Gasteiger charge is -2.40. The van der Waals surface area contributed by atoms with Crippen LogP contribution in [0.3, 0.4) is 0 Å². The van der Waals surface area contributed by atoms with Crippen molar-refractivity contribution in [2.45, 2.75) is 66.3 Å². The summed E-state index contributed by atoms with van der Waals surface area (Å²) in [5, 5.41) is 12.4. The highest BCUT2D eigenvalue weighted by atomic mass is 16.4.